The second-order valence-electron chi connectivity index (χ2n) is 12.1. The van der Waals surface area contributed by atoms with E-state index in [4.69, 9.17) is 4.74 Å². The molecule has 0 saturated carbocycles. The molecule has 4 rings (SSSR count). The summed E-state index contributed by atoms with van der Waals surface area (Å²) in [5.74, 6) is -2.38. The van der Waals surface area contributed by atoms with Crippen LogP contribution in [0.5, 0.6) is 0 Å². The SMILES string of the molecule is C=CCN(CCC)C(=O)[C@H]1[C@@H]2OC3(CC2Br)C(C(=O)N(CC=C)c2cc(C)ccc2C)N([C@@H](CO)[C@@H](C)CC)C(=O)[C@H]13. The van der Waals surface area contributed by atoms with Gasteiger partial charge in [0.2, 0.25) is 11.8 Å². The van der Waals surface area contributed by atoms with Gasteiger partial charge in [0.25, 0.3) is 5.91 Å². The van der Waals surface area contributed by atoms with E-state index >= 15 is 0 Å². The van der Waals surface area contributed by atoms with Crippen LogP contribution in [-0.2, 0) is 19.1 Å². The smallest absolute Gasteiger partial charge is 0.253 e. The van der Waals surface area contributed by atoms with Gasteiger partial charge in [0.15, 0.2) is 0 Å². The highest BCUT2D eigenvalue weighted by molar-refractivity contribution is 9.09. The maximum atomic E-state index is 14.9. The second-order valence-corrected chi connectivity index (χ2v) is 13.3. The number of hydrogen-bond donors (Lipinski definition) is 1. The van der Waals surface area contributed by atoms with E-state index < -0.39 is 35.6 Å². The number of anilines is 1. The lowest BCUT2D eigenvalue weighted by Gasteiger charge is -2.41. The van der Waals surface area contributed by atoms with E-state index in [-0.39, 0.29) is 41.6 Å². The summed E-state index contributed by atoms with van der Waals surface area (Å²) in [7, 11) is 0. The molecule has 1 N–H and O–H groups in total. The Kier molecular flexibility index (Phi) is 10.1. The van der Waals surface area contributed by atoms with Gasteiger partial charge in [-0.15, -0.1) is 13.2 Å². The van der Waals surface area contributed by atoms with Gasteiger partial charge in [-0.3, -0.25) is 14.4 Å². The number of rotatable bonds is 13. The lowest BCUT2D eigenvalue weighted by molar-refractivity contribution is -0.148. The van der Waals surface area contributed by atoms with Crippen molar-refractivity contribution < 1.29 is 24.2 Å². The second kappa shape index (κ2) is 13.0. The summed E-state index contributed by atoms with van der Waals surface area (Å²) >= 11 is 3.77. The maximum Gasteiger partial charge on any atom is 0.253 e. The minimum atomic E-state index is -1.21. The molecule has 1 aromatic rings. The van der Waals surface area contributed by atoms with Gasteiger partial charge in [-0.25, -0.2) is 0 Å². The summed E-state index contributed by atoms with van der Waals surface area (Å²) in [5, 5.41) is 10.7. The van der Waals surface area contributed by atoms with Crippen LogP contribution in [0.15, 0.2) is 43.5 Å². The van der Waals surface area contributed by atoms with Gasteiger partial charge in [-0.1, -0.05) is 67.4 Å². The minimum absolute atomic E-state index is 0.0819. The molecular formula is C33H46BrN3O5. The molecule has 3 fully saturated rings. The molecule has 3 heterocycles. The van der Waals surface area contributed by atoms with E-state index in [2.05, 4.69) is 29.1 Å². The van der Waals surface area contributed by atoms with E-state index in [0.29, 0.717) is 25.9 Å². The Balaban J connectivity index is 1.89. The summed E-state index contributed by atoms with van der Waals surface area (Å²) < 4.78 is 6.76. The first-order chi connectivity index (χ1) is 20.0. The summed E-state index contributed by atoms with van der Waals surface area (Å²) in [6.45, 7) is 18.5. The number of likely N-dealkylation sites (tertiary alicyclic amines) is 1. The fourth-order valence-electron chi connectivity index (χ4n) is 7.32. The van der Waals surface area contributed by atoms with Crippen molar-refractivity contribution in [2.75, 3.05) is 31.1 Å². The highest BCUT2D eigenvalue weighted by atomic mass is 79.9. The standard InChI is InChI=1S/C33H46BrN3O5/c1-8-14-35(15-9-2)30(39)26-27-31(40)37(25(19-38)21(6)11-4)29(33(27)18-23(34)28(26)42-33)32(41)36(16-10-3)24-17-20(5)12-13-22(24)7/h8,10,12-13,17,21,23,25-29,38H,1,3,9,11,14-16,18-19H2,2,4-7H3/t21-,23?,25-,26+,27-,28+,29?,33?/m0/s1. The van der Waals surface area contributed by atoms with Crippen LogP contribution in [0.1, 0.15) is 51.2 Å². The zero-order valence-corrected chi connectivity index (χ0v) is 27.2. The third-order valence-electron chi connectivity index (χ3n) is 9.48. The van der Waals surface area contributed by atoms with E-state index in [9.17, 15) is 19.5 Å². The van der Waals surface area contributed by atoms with Crippen molar-refractivity contribution in [1.29, 1.82) is 0 Å². The maximum absolute atomic E-state index is 14.9. The van der Waals surface area contributed by atoms with Gasteiger partial charge in [0, 0.05) is 30.1 Å². The predicted octanol–water partition coefficient (Wildman–Crippen LogP) is 4.40. The van der Waals surface area contributed by atoms with Crippen LogP contribution < -0.4 is 4.90 Å². The molecule has 0 radical (unpaired) electrons. The van der Waals surface area contributed by atoms with Crippen LogP contribution in [0.3, 0.4) is 0 Å². The zero-order valence-electron chi connectivity index (χ0n) is 25.6. The van der Waals surface area contributed by atoms with Gasteiger partial charge in [0.05, 0.1) is 30.6 Å². The Morgan fingerprint density at radius 1 is 1.21 bits per heavy atom. The van der Waals surface area contributed by atoms with E-state index in [1.54, 1.807) is 26.9 Å². The number of benzene rings is 1. The number of carbonyl (C=O) groups excluding carboxylic acids is 3. The zero-order chi connectivity index (χ0) is 30.9. The average Bonchev–Trinajstić information content (AvgIpc) is 3.56. The van der Waals surface area contributed by atoms with Crippen LogP contribution in [0.25, 0.3) is 0 Å². The van der Waals surface area contributed by atoms with E-state index in [0.717, 1.165) is 23.2 Å². The number of carbonyl (C=O) groups is 3. The van der Waals surface area contributed by atoms with Crippen molar-refractivity contribution in [3.63, 3.8) is 0 Å². The van der Waals surface area contributed by atoms with Crippen molar-refractivity contribution in [3.8, 4) is 0 Å². The van der Waals surface area contributed by atoms with Crippen molar-refractivity contribution in [2.24, 2.45) is 17.8 Å². The lowest BCUT2D eigenvalue weighted by Crippen LogP contribution is -2.60. The summed E-state index contributed by atoms with van der Waals surface area (Å²) in [5.41, 5.74) is 1.45. The summed E-state index contributed by atoms with van der Waals surface area (Å²) in [6, 6.07) is 4.33. The first-order valence-electron chi connectivity index (χ1n) is 15.2. The predicted molar refractivity (Wildman–Crippen MR) is 168 cm³/mol. The molecule has 42 heavy (non-hydrogen) atoms. The number of aliphatic hydroxyl groups excluding tert-OH is 1. The van der Waals surface area contributed by atoms with Crippen molar-refractivity contribution in [2.45, 2.75) is 82.5 Å². The molecule has 8 nitrogen and oxygen atoms in total. The quantitative estimate of drug-likeness (QED) is 0.254. The Labute approximate surface area is 258 Å². The number of alkyl halides is 1. The topological polar surface area (TPSA) is 90.4 Å². The molecule has 230 valence electrons. The van der Waals surface area contributed by atoms with Crippen LogP contribution in [0, 0.1) is 31.6 Å². The monoisotopic (exact) mass is 643 g/mol. The normalized spacial score (nSPS) is 29.3. The highest BCUT2D eigenvalue weighted by Crippen LogP contribution is 2.61. The number of amides is 3. The first kappa shape index (κ1) is 32.4. The van der Waals surface area contributed by atoms with E-state index in [1.807, 2.05) is 52.8 Å². The summed E-state index contributed by atoms with van der Waals surface area (Å²) in [6.07, 6.45) is 4.71. The number of hydrogen-bond acceptors (Lipinski definition) is 5. The number of fused-ring (bicyclic) bond motifs is 1. The Bertz CT molecular complexity index is 1220. The molecule has 9 heteroatoms. The average molecular weight is 645 g/mol. The van der Waals surface area contributed by atoms with E-state index in [1.165, 1.54) is 0 Å². The molecule has 0 aromatic heterocycles. The van der Waals surface area contributed by atoms with Gasteiger partial charge in [0.1, 0.15) is 11.6 Å². The molecular weight excluding hydrogens is 598 g/mol. The molecule has 3 unspecified atom stereocenters. The molecule has 1 aromatic carbocycles. The van der Waals surface area contributed by atoms with Crippen LogP contribution in [-0.4, -0.2) is 87.5 Å². The Hall–Kier alpha value is -2.49. The van der Waals surface area contributed by atoms with Crippen LogP contribution in [0.2, 0.25) is 0 Å². The van der Waals surface area contributed by atoms with Gasteiger partial charge >= 0.3 is 0 Å². The summed E-state index contributed by atoms with van der Waals surface area (Å²) in [4.78, 5) is 48.5. The molecule has 3 aliphatic heterocycles. The van der Waals surface area contributed by atoms with Crippen molar-refractivity contribution >= 4 is 39.3 Å². The molecule has 3 aliphatic rings. The fraction of sp³-hybridized carbons (Fsp3) is 0.606. The largest absolute Gasteiger partial charge is 0.394 e. The van der Waals surface area contributed by atoms with Gasteiger partial charge in [-0.2, -0.15) is 0 Å². The van der Waals surface area contributed by atoms with Crippen molar-refractivity contribution in [1.82, 2.24) is 9.80 Å². The third-order valence-corrected chi connectivity index (χ3v) is 10.3. The van der Waals surface area contributed by atoms with Gasteiger partial charge in [-0.05, 0) is 49.8 Å². The third kappa shape index (κ3) is 5.26. The molecule has 8 atom stereocenters. The van der Waals surface area contributed by atoms with Crippen LogP contribution >= 0.6 is 15.9 Å². The van der Waals surface area contributed by atoms with Crippen LogP contribution in [0.4, 0.5) is 5.69 Å². The molecule has 2 bridgehead atoms. The number of nitrogens with zero attached hydrogens (tertiary/aromatic N) is 3. The number of aryl methyl sites for hydroxylation is 2. The van der Waals surface area contributed by atoms with Gasteiger partial charge < -0.3 is 24.5 Å². The molecule has 3 amide bonds. The number of ether oxygens (including phenoxy) is 1. The van der Waals surface area contributed by atoms with Crippen molar-refractivity contribution in [3.05, 3.63) is 54.6 Å². The Morgan fingerprint density at radius 3 is 2.50 bits per heavy atom. The molecule has 0 aliphatic carbocycles. The lowest BCUT2D eigenvalue weighted by atomic mass is 9.70. The number of aliphatic hydroxyl groups is 1. The number of halogens is 1. The fourth-order valence-corrected chi connectivity index (χ4v) is 8.27. The molecule has 3 saturated heterocycles. The molecule has 1 spiro atoms. The Morgan fingerprint density at radius 2 is 1.90 bits per heavy atom. The highest BCUT2D eigenvalue weighted by Gasteiger charge is 2.77. The first-order valence-corrected chi connectivity index (χ1v) is 16.1. The minimum Gasteiger partial charge on any atom is -0.394 e.